The minimum absolute atomic E-state index is 0.807. The van der Waals surface area contributed by atoms with Crippen molar-refractivity contribution in [2.24, 2.45) is 0 Å². The van der Waals surface area contributed by atoms with Gasteiger partial charge in [0.25, 0.3) is 0 Å². The Morgan fingerprint density at radius 2 is 1.95 bits per heavy atom. The summed E-state index contributed by atoms with van der Waals surface area (Å²) in [4.78, 5) is 1.14. The molecule has 0 aromatic heterocycles. The fraction of sp³-hybridized carbons (Fsp3) is 0.250. The van der Waals surface area contributed by atoms with E-state index in [-0.39, 0.29) is 0 Å². The summed E-state index contributed by atoms with van der Waals surface area (Å²) in [6.07, 6.45) is 1.15. The highest BCUT2D eigenvalue weighted by Crippen LogP contribution is 2.35. The fourth-order valence-corrected chi connectivity index (χ4v) is 3.01. The number of para-hydroxylation sites is 1. The Morgan fingerprint density at radius 3 is 2.63 bits per heavy atom. The molecule has 0 aliphatic heterocycles. The van der Waals surface area contributed by atoms with Crippen LogP contribution >= 0.6 is 23.4 Å². The van der Waals surface area contributed by atoms with Gasteiger partial charge in [0.1, 0.15) is 5.75 Å². The van der Waals surface area contributed by atoms with Crippen LogP contribution in [0, 0.1) is 0 Å². The van der Waals surface area contributed by atoms with Crippen LogP contribution < -0.4 is 4.74 Å². The third kappa shape index (κ3) is 3.46. The standard InChI is InChI=1S/C16H17ClOS/c1-3-10-19-16-9-8-12(11-14(16)17)13-6-4-5-7-15(13)18-2/h4-9,11H,3,10H2,1-2H3. The van der Waals surface area contributed by atoms with Crippen LogP contribution in [-0.2, 0) is 0 Å². The molecule has 0 unspecified atom stereocenters. The van der Waals surface area contributed by atoms with Crippen molar-refractivity contribution in [3.63, 3.8) is 0 Å². The van der Waals surface area contributed by atoms with Gasteiger partial charge in [-0.2, -0.15) is 0 Å². The van der Waals surface area contributed by atoms with Crippen molar-refractivity contribution in [1.82, 2.24) is 0 Å². The number of methoxy groups -OCH3 is 1. The molecule has 0 heterocycles. The van der Waals surface area contributed by atoms with Gasteiger partial charge in [-0.15, -0.1) is 11.8 Å². The number of hydrogen-bond donors (Lipinski definition) is 0. The number of ether oxygens (including phenoxy) is 1. The summed E-state index contributed by atoms with van der Waals surface area (Å²) in [6, 6.07) is 14.2. The van der Waals surface area contributed by atoms with Gasteiger partial charge >= 0.3 is 0 Å². The third-order valence-electron chi connectivity index (χ3n) is 2.81. The Labute approximate surface area is 123 Å². The molecule has 0 aliphatic rings. The molecule has 100 valence electrons. The second-order valence-corrected chi connectivity index (χ2v) is 5.74. The van der Waals surface area contributed by atoms with E-state index in [9.17, 15) is 0 Å². The molecule has 3 heteroatoms. The van der Waals surface area contributed by atoms with Crippen molar-refractivity contribution in [2.45, 2.75) is 18.2 Å². The van der Waals surface area contributed by atoms with E-state index < -0.39 is 0 Å². The van der Waals surface area contributed by atoms with Crippen LogP contribution in [0.15, 0.2) is 47.4 Å². The molecule has 2 rings (SSSR count). The molecule has 0 fully saturated rings. The molecule has 0 spiro atoms. The maximum Gasteiger partial charge on any atom is 0.126 e. The Kier molecular flexibility index (Phi) is 5.17. The molecule has 2 aromatic carbocycles. The number of halogens is 1. The normalized spacial score (nSPS) is 10.5. The van der Waals surface area contributed by atoms with Crippen LogP contribution in [-0.4, -0.2) is 12.9 Å². The second-order valence-electron chi connectivity index (χ2n) is 4.19. The highest BCUT2D eigenvalue weighted by atomic mass is 35.5. The summed E-state index contributed by atoms with van der Waals surface area (Å²) in [7, 11) is 1.69. The summed E-state index contributed by atoms with van der Waals surface area (Å²) in [5, 5.41) is 0.807. The SMILES string of the molecule is CCCSc1ccc(-c2ccccc2OC)cc1Cl. The van der Waals surface area contributed by atoms with Gasteiger partial charge in [0, 0.05) is 10.5 Å². The molecule has 0 atom stereocenters. The van der Waals surface area contributed by atoms with Crippen molar-refractivity contribution >= 4 is 23.4 Å². The zero-order valence-corrected chi connectivity index (χ0v) is 12.7. The quantitative estimate of drug-likeness (QED) is 0.671. The molecule has 0 saturated heterocycles. The molecular formula is C16H17ClOS. The van der Waals surface area contributed by atoms with Crippen molar-refractivity contribution in [1.29, 1.82) is 0 Å². The molecular weight excluding hydrogens is 276 g/mol. The predicted octanol–water partition coefficient (Wildman–Crippen LogP) is 5.52. The van der Waals surface area contributed by atoms with Crippen molar-refractivity contribution in [3.05, 3.63) is 47.5 Å². The predicted molar refractivity (Wildman–Crippen MR) is 84.5 cm³/mol. The monoisotopic (exact) mass is 292 g/mol. The van der Waals surface area contributed by atoms with Gasteiger partial charge in [0.15, 0.2) is 0 Å². The highest BCUT2D eigenvalue weighted by molar-refractivity contribution is 7.99. The molecule has 0 radical (unpaired) electrons. The fourth-order valence-electron chi connectivity index (χ4n) is 1.88. The Hall–Kier alpha value is -1.12. The smallest absolute Gasteiger partial charge is 0.126 e. The van der Waals surface area contributed by atoms with E-state index in [2.05, 4.69) is 19.1 Å². The van der Waals surface area contributed by atoms with Crippen molar-refractivity contribution in [3.8, 4) is 16.9 Å². The molecule has 0 N–H and O–H groups in total. The Morgan fingerprint density at radius 1 is 1.16 bits per heavy atom. The van der Waals surface area contributed by atoms with E-state index in [4.69, 9.17) is 16.3 Å². The third-order valence-corrected chi connectivity index (χ3v) is 4.52. The molecule has 0 bridgehead atoms. The first-order valence-corrected chi connectivity index (χ1v) is 7.68. The lowest BCUT2D eigenvalue weighted by molar-refractivity contribution is 0.416. The summed E-state index contributed by atoms with van der Waals surface area (Å²) >= 11 is 8.15. The molecule has 0 amide bonds. The average Bonchev–Trinajstić information content (AvgIpc) is 2.46. The van der Waals surface area contributed by atoms with Gasteiger partial charge in [-0.3, -0.25) is 0 Å². The largest absolute Gasteiger partial charge is 0.496 e. The lowest BCUT2D eigenvalue weighted by Gasteiger charge is -2.10. The molecule has 19 heavy (non-hydrogen) atoms. The molecule has 2 aromatic rings. The topological polar surface area (TPSA) is 9.23 Å². The summed E-state index contributed by atoms with van der Waals surface area (Å²) in [5.74, 6) is 1.96. The van der Waals surface area contributed by atoms with Crippen LogP contribution in [0.3, 0.4) is 0 Å². The van der Waals surface area contributed by atoms with E-state index in [1.807, 2.05) is 30.3 Å². The first kappa shape index (κ1) is 14.3. The highest BCUT2D eigenvalue weighted by Gasteiger charge is 2.07. The minimum atomic E-state index is 0.807. The van der Waals surface area contributed by atoms with Gasteiger partial charge in [0.05, 0.1) is 12.1 Å². The van der Waals surface area contributed by atoms with Gasteiger partial charge in [-0.25, -0.2) is 0 Å². The maximum atomic E-state index is 6.35. The average molecular weight is 293 g/mol. The van der Waals surface area contributed by atoms with Gasteiger partial charge in [0.2, 0.25) is 0 Å². The second kappa shape index (κ2) is 6.88. The number of benzene rings is 2. The summed E-state index contributed by atoms with van der Waals surface area (Å²) in [5.41, 5.74) is 2.15. The van der Waals surface area contributed by atoms with Crippen LogP contribution in [0.1, 0.15) is 13.3 Å². The lowest BCUT2D eigenvalue weighted by atomic mass is 10.0. The first-order chi connectivity index (χ1) is 9.26. The van der Waals surface area contributed by atoms with Crippen molar-refractivity contribution < 1.29 is 4.74 Å². The Bertz CT molecular complexity index is 554. The van der Waals surface area contributed by atoms with E-state index in [0.717, 1.165) is 39.0 Å². The minimum Gasteiger partial charge on any atom is -0.496 e. The Balaban J connectivity index is 2.33. The van der Waals surface area contributed by atoms with E-state index in [1.54, 1.807) is 18.9 Å². The summed E-state index contributed by atoms with van der Waals surface area (Å²) < 4.78 is 5.39. The van der Waals surface area contributed by atoms with Crippen LogP contribution in [0.2, 0.25) is 5.02 Å². The lowest BCUT2D eigenvalue weighted by Crippen LogP contribution is -1.88. The van der Waals surface area contributed by atoms with E-state index in [1.165, 1.54) is 0 Å². The van der Waals surface area contributed by atoms with Gasteiger partial charge in [-0.1, -0.05) is 42.8 Å². The van der Waals surface area contributed by atoms with Gasteiger partial charge in [-0.05, 0) is 35.9 Å². The molecule has 0 aliphatic carbocycles. The van der Waals surface area contributed by atoms with Gasteiger partial charge < -0.3 is 4.74 Å². The van der Waals surface area contributed by atoms with Crippen LogP contribution in [0.4, 0.5) is 0 Å². The number of hydrogen-bond acceptors (Lipinski definition) is 2. The zero-order valence-electron chi connectivity index (χ0n) is 11.2. The number of thioether (sulfide) groups is 1. The summed E-state index contributed by atoms with van der Waals surface area (Å²) in [6.45, 7) is 2.17. The maximum absolute atomic E-state index is 6.35. The van der Waals surface area contributed by atoms with E-state index >= 15 is 0 Å². The van der Waals surface area contributed by atoms with Crippen LogP contribution in [0.5, 0.6) is 5.75 Å². The van der Waals surface area contributed by atoms with Crippen molar-refractivity contribution in [2.75, 3.05) is 12.9 Å². The molecule has 0 saturated carbocycles. The van der Waals surface area contributed by atoms with Crippen LogP contribution in [0.25, 0.3) is 11.1 Å². The number of rotatable bonds is 5. The first-order valence-electron chi connectivity index (χ1n) is 6.32. The molecule has 1 nitrogen and oxygen atoms in total. The zero-order chi connectivity index (χ0) is 13.7. The van der Waals surface area contributed by atoms with E-state index in [0.29, 0.717) is 0 Å².